The number of anilines is 2. The molecule has 0 aliphatic heterocycles. The predicted octanol–water partition coefficient (Wildman–Crippen LogP) is 5.47. The number of rotatable bonds is 3. The third-order valence-electron chi connectivity index (χ3n) is 2.59. The van der Waals surface area contributed by atoms with Gasteiger partial charge >= 0.3 is 0 Å². The van der Waals surface area contributed by atoms with Crippen LogP contribution >= 0.6 is 43.2 Å². The summed E-state index contributed by atoms with van der Waals surface area (Å²) in [4.78, 5) is 0. The third kappa shape index (κ3) is 3.26. The van der Waals surface area contributed by atoms with E-state index in [0.29, 0.717) is 0 Å². The summed E-state index contributed by atoms with van der Waals surface area (Å²) in [6.45, 7) is 0. The van der Waals surface area contributed by atoms with Gasteiger partial charge in [-0.2, -0.15) is 0 Å². The van der Waals surface area contributed by atoms with Crippen LogP contribution in [0, 0.1) is 0 Å². The van der Waals surface area contributed by atoms with Gasteiger partial charge in [-0.3, -0.25) is 0 Å². The van der Waals surface area contributed by atoms with Gasteiger partial charge in [0.1, 0.15) is 5.01 Å². The van der Waals surface area contributed by atoms with Crippen molar-refractivity contribution in [2.24, 2.45) is 0 Å². The van der Waals surface area contributed by atoms with Crippen molar-refractivity contribution in [2.45, 2.75) is 0 Å². The van der Waals surface area contributed by atoms with Gasteiger partial charge in [0.25, 0.3) is 0 Å². The van der Waals surface area contributed by atoms with Crippen LogP contribution in [0.25, 0.3) is 10.6 Å². The van der Waals surface area contributed by atoms with Crippen LogP contribution < -0.4 is 5.32 Å². The summed E-state index contributed by atoms with van der Waals surface area (Å²) in [6, 6.07) is 16.0. The Kier molecular flexibility index (Phi) is 4.14. The van der Waals surface area contributed by atoms with E-state index in [0.717, 1.165) is 30.3 Å². The SMILES string of the molecule is Brc1ccc(-c2nnc(Nc3cccc(Br)c3)s2)cc1. The highest BCUT2D eigenvalue weighted by Crippen LogP contribution is 2.29. The molecule has 0 radical (unpaired) electrons. The molecule has 0 aliphatic rings. The molecule has 0 aliphatic carbocycles. The summed E-state index contributed by atoms with van der Waals surface area (Å²) in [6.07, 6.45) is 0. The second-order valence-electron chi connectivity index (χ2n) is 4.05. The van der Waals surface area contributed by atoms with Gasteiger partial charge in [-0.05, 0) is 30.3 Å². The third-order valence-corrected chi connectivity index (χ3v) is 4.50. The largest absolute Gasteiger partial charge is 0.330 e. The molecule has 0 bridgehead atoms. The summed E-state index contributed by atoms with van der Waals surface area (Å²) in [7, 11) is 0. The lowest BCUT2D eigenvalue weighted by Gasteiger charge is -2.01. The summed E-state index contributed by atoms with van der Waals surface area (Å²) in [5, 5.41) is 13.3. The molecule has 3 nitrogen and oxygen atoms in total. The Balaban J connectivity index is 1.82. The van der Waals surface area contributed by atoms with Crippen molar-refractivity contribution in [2.75, 3.05) is 5.32 Å². The molecule has 0 saturated heterocycles. The molecule has 3 aromatic rings. The zero-order valence-corrected chi connectivity index (χ0v) is 14.2. The highest BCUT2D eigenvalue weighted by atomic mass is 79.9. The minimum atomic E-state index is 0.779. The molecule has 2 aromatic carbocycles. The van der Waals surface area contributed by atoms with Gasteiger partial charge in [-0.25, -0.2) is 0 Å². The maximum Gasteiger partial charge on any atom is 0.210 e. The minimum Gasteiger partial charge on any atom is -0.330 e. The first-order chi connectivity index (χ1) is 9.70. The molecule has 20 heavy (non-hydrogen) atoms. The fourth-order valence-electron chi connectivity index (χ4n) is 1.67. The number of nitrogens with one attached hydrogen (secondary N) is 1. The monoisotopic (exact) mass is 409 g/mol. The van der Waals surface area contributed by atoms with Crippen molar-refractivity contribution in [1.82, 2.24) is 10.2 Å². The fourth-order valence-corrected chi connectivity index (χ4v) is 3.11. The van der Waals surface area contributed by atoms with E-state index < -0.39 is 0 Å². The maximum absolute atomic E-state index is 4.21. The van der Waals surface area contributed by atoms with Crippen molar-refractivity contribution < 1.29 is 0 Å². The highest BCUT2D eigenvalue weighted by Gasteiger charge is 2.06. The molecule has 1 N–H and O–H groups in total. The lowest BCUT2D eigenvalue weighted by atomic mass is 10.2. The Morgan fingerprint density at radius 3 is 2.45 bits per heavy atom. The van der Waals surface area contributed by atoms with E-state index in [1.54, 1.807) is 0 Å². The van der Waals surface area contributed by atoms with Crippen LogP contribution in [0.3, 0.4) is 0 Å². The molecule has 0 amide bonds. The zero-order valence-electron chi connectivity index (χ0n) is 10.2. The van der Waals surface area contributed by atoms with E-state index in [1.807, 2.05) is 48.5 Å². The van der Waals surface area contributed by atoms with E-state index >= 15 is 0 Å². The molecule has 0 unspecified atom stereocenters. The van der Waals surface area contributed by atoms with E-state index in [-0.39, 0.29) is 0 Å². The zero-order chi connectivity index (χ0) is 13.9. The summed E-state index contributed by atoms with van der Waals surface area (Å²) in [5.74, 6) is 0. The molecule has 0 fully saturated rings. The van der Waals surface area contributed by atoms with Gasteiger partial charge in [0, 0.05) is 20.2 Å². The van der Waals surface area contributed by atoms with Crippen molar-refractivity contribution in [3.63, 3.8) is 0 Å². The van der Waals surface area contributed by atoms with Crippen molar-refractivity contribution in [3.05, 3.63) is 57.5 Å². The van der Waals surface area contributed by atoms with Crippen LogP contribution in [0.15, 0.2) is 57.5 Å². The molecule has 0 atom stereocenters. The van der Waals surface area contributed by atoms with E-state index in [1.165, 1.54) is 11.3 Å². The number of halogens is 2. The molecule has 3 rings (SSSR count). The molecule has 0 saturated carbocycles. The van der Waals surface area contributed by atoms with Crippen molar-refractivity contribution >= 4 is 54.0 Å². The van der Waals surface area contributed by atoms with E-state index in [2.05, 4.69) is 47.4 Å². The first-order valence-electron chi connectivity index (χ1n) is 5.83. The fraction of sp³-hybridized carbons (Fsp3) is 0. The molecular formula is C14H9Br2N3S. The Morgan fingerprint density at radius 2 is 1.70 bits per heavy atom. The van der Waals surface area contributed by atoms with Crippen LogP contribution in [-0.2, 0) is 0 Å². The predicted molar refractivity (Wildman–Crippen MR) is 90.5 cm³/mol. The first kappa shape index (κ1) is 13.7. The Morgan fingerprint density at radius 1 is 0.900 bits per heavy atom. The summed E-state index contributed by atoms with van der Waals surface area (Å²) in [5.41, 5.74) is 2.05. The van der Waals surface area contributed by atoms with Crippen molar-refractivity contribution in [3.8, 4) is 10.6 Å². The highest BCUT2D eigenvalue weighted by molar-refractivity contribution is 9.10. The lowest BCUT2D eigenvalue weighted by molar-refractivity contribution is 1.10. The van der Waals surface area contributed by atoms with Gasteiger partial charge < -0.3 is 5.32 Å². The van der Waals surface area contributed by atoms with Crippen LogP contribution in [0.5, 0.6) is 0 Å². The Labute approximate surface area is 137 Å². The molecular weight excluding hydrogens is 402 g/mol. The topological polar surface area (TPSA) is 37.8 Å². The number of hydrogen-bond acceptors (Lipinski definition) is 4. The number of aromatic nitrogens is 2. The molecule has 1 heterocycles. The van der Waals surface area contributed by atoms with Crippen LogP contribution in [0.1, 0.15) is 0 Å². The molecule has 6 heteroatoms. The Bertz CT molecular complexity index is 725. The van der Waals surface area contributed by atoms with E-state index in [4.69, 9.17) is 0 Å². The van der Waals surface area contributed by atoms with Crippen LogP contribution in [-0.4, -0.2) is 10.2 Å². The average Bonchev–Trinajstić information content (AvgIpc) is 2.88. The quantitative estimate of drug-likeness (QED) is 0.621. The first-order valence-corrected chi connectivity index (χ1v) is 8.23. The number of nitrogens with zero attached hydrogens (tertiary/aromatic N) is 2. The van der Waals surface area contributed by atoms with Crippen LogP contribution in [0.2, 0.25) is 0 Å². The van der Waals surface area contributed by atoms with Gasteiger partial charge in [-0.15, -0.1) is 10.2 Å². The van der Waals surface area contributed by atoms with Crippen molar-refractivity contribution in [1.29, 1.82) is 0 Å². The maximum atomic E-state index is 4.21. The summed E-state index contributed by atoms with van der Waals surface area (Å²) >= 11 is 8.40. The van der Waals surface area contributed by atoms with Crippen LogP contribution in [0.4, 0.5) is 10.8 Å². The minimum absolute atomic E-state index is 0.779. The number of hydrogen-bond donors (Lipinski definition) is 1. The Hall–Kier alpha value is -1.24. The normalized spacial score (nSPS) is 10.5. The van der Waals surface area contributed by atoms with Gasteiger partial charge in [0.2, 0.25) is 5.13 Å². The second-order valence-corrected chi connectivity index (χ2v) is 6.86. The van der Waals surface area contributed by atoms with Gasteiger partial charge in [0.15, 0.2) is 0 Å². The second kappa shape index (κ2) is 6.03. The standard InChI is InChI=1S/C14H9Br2N3S/c15-10-6-4-9(5-7-10)13-18-19-14(20-13)17-12-3-1-2-11(16)8-12/h1-8H,(H,17,19). The molecule has 0 spiro atoms. The van der Waals surface area contributed by atoms with E-state index in [9.17, 15) is 0 Å². The molecule has 100 valence electrons. The lowest BCUT2D eigenvalue weighted by Crippen LogP contribution is -1.88. The number of benzene rings is 2. The summed E-state index contributed by atoms with van der Waals surface area (Å²) < 4.78 is 2.08. The molecule has 1 aromatic heterocycles. The smallest absolute Gasteiger partial charge is 0.210 e. The average molecular weight is 411 g/mol. The van der Waals surface area contributed by atoms with Gasteiger partial charge in [0.05, 0.1) is 0 Å². The van der Waals surface area contributed by atoms with Gasteiger partial charge in [-0.1, -0.05) is 61.4 Å².